The number of nitrogens with one attached hydrogen (secondary N) is 1. The van der Waals surface area contributed by atoms with Crippen LogP contribution in [0, 0.1) is 5.82 Å². The minimum atomic E-state index is -4.80. The minimum absolute atomic E-state index is 0.163. The summed E-state index contributed by atoms with van der Waals surface area (Å²) in [4.78, 5) is 23.9. The highest BCUT2D eigenvalue weighted by molar-refractivity contribution is 5.98. The first-order valence-corrected chi connectivity index (χ1v) is 6.89. The summed E-state index contributed by atoms with van der Waals surface area (Å²) in [5.41, 5.74) is -1.80. The lowest BCUT2D eigenvalue weighted by molar-refractivity contribution is -0.138. The Morgan fingerprint density at radius 1 is 1.00 bits per heavy atom. The molecule has 1 aromatic carbocycles. The van der Waals surface area contributed by atoms with Crippen LogP contribution in [0.25, 0.3) is 0 Å². The summed E-state index contributed by atoms with van der Waals surface area (Å²) < 4.78 is 61.8. The topological polar surface area (TPSA) is 64.6 Å². The molecule has 25 heavy (non-hydrogen) atoms. The third kappa shape index (κ3) is 3.81. The molecule has 9 heteroatoms. The molecular weight excluding hydrogens is 346 g/mol. The molecule has 0 unspecified atom stereocenters. The molecule has 0 radical (unpaired) electrons. The lowest BCUT2D eigenvalue weighted by Gasteiger charge is -2.25. The zero-order valence-electron chi connectivity index (χ0n) is 13.1. The molecule has 0 amide bonds. The van der Waals surface area contributed by atoms with E-state index in [9.17, 15) is 27.2 Å². The summed E-state index contributed by atoms with van der Waals surface area (Å²) in [5, 5.41) is 2.53. The molecule has 0 atom stereocenters. The van der Waals surface area contributed by atoms with Crippen LogP contribution in [0.4, 0.5) is 17.6 Å². The van der Waals surface area contributed by atoms with Gasteiger partial charge in [0.1, 0.15) is 5.82 Å². The number of dihydropyridines is 1. The highest BCUT2D eigenvalue weighted by atomic mass is 19.4. The van der Waals surface area contributed by atoms with Crippen molar-refractivity contribution in [2.75, 3.05) is 14.2 Å². The number of carbonyl (C=O) groups excluding carboxylic acids is 2. The van der Waals surface area contributed by atoms with Gasteiger partial charge in [-0.15, -0.1) is 0 Å². The first-order chi connectivity index (χ1) is 11.7. The Labute approximate surface area is 139 Å². The second-order valence-corrected chi connectivity index (χ2v) is 5.05. The second kappa shape index (κ2) is 6.96. The van der Waals surface area contributed by atoms with E-state index < -0.39 is 35.4 Å². The van der Waals surface area contributed by atoms with Crippen LogP contribution in [0.1, 0.15) is 17.0 Å². The zero-order valence-corrected chi connectivity index (χ0v) is 13.1. The molecule has 134 valence electrons. The summed E-state index contributed by atoms with van der Waals surface area (Å²) in [5.74, 6) is -4.20. The first-order valence-electron chi connectivity index (χ1n) is 6.89. The van der Waals surface area contributed by atoms with E-state index >= 15 is 0 Å². The maximum absolute atomic E-state index is 13.7. The van der Waals surface area contributed by atoms with Crippen molar-refractivity contribution in [1.82, 2.24) is 5.32 Å². The number of ether oxygens (including phenoxy) is 2. The van der Waals surface area contributed by atoms with Crippen molar-refractivity contribution >= 4 is 11.9 Å². The van der Waals surface area contributed by atoms with E-state index in [-0.39, 0.29) is 16.7 Å². The summed E-state index contributed by atoms with van der Waals surface area (Å²) >= 11 is 0. The van der Waals surface area contributed by atoms with E-state index in [1.54, 1.807) is 0 Å². The van der Waals surface area contributed by atoms with Gasteiger partial charge in [0.05, 0.1) is 36.8 Å². The largest absolute Gasteiger partial charge is 0.466 e. The molecule has 0 bridgehead atoms. The highest BCUT2D eigenvalue weighted by Gasteiger charge is 2.37. The van der Waals surface area contributed by atoms with Crippen molar-refractivity contribution in [3.05, 3.63) is 58.7 Å². The number of carbonyl (C=O) groups is 2. The lowest BCUT2D eigenvalue weighted by atomic mass is 9.83. The number of hydrogen-bond donors (Lipinski definition) is 1. The molecule has 0 fully saturated rings. The van der Waals surface area contributed by atoms with Gasteiger partial charge in [0.2, 0.25) is 0 Å². The number of hydrogen-bond acceptors (Lipinski definition) is 5. The predicted molar refractivity (Wildman–Crippen MR) is 77.5 cm³/mol. The number of benzene rings is 1. The molecule has 0 saturated heterocycles. The number of rotatable bonds is 3. The monoisotopic (exact) mass is 359 g/mol. The Balaban J connectivity index is 2.64. The van der Waals surface area contributed by atoms with Crippen molar-refractivity contribution in [2.45, 2.75) is 12.1 Å². The maximum Gasteiger partial charge on any atom is 0.416 e. The Kier molecular flexibility index (Phi) is 5.15. The number of esters is 2. The van der Waals surface area contributed by atoms with Gasteiger partial charge in [0.15, 0.2) is 0 Å². The first kappa shape index (κ1) is 18.5. The smallest absolute Gasteiger partial charge is 0.416 e. The van der Waals surface area contributed by atoms with Gasteiger partial charge in [-0.2, -0.15) is 13.2 Å². The van der Waals surface area contributed by atoms with E-state index in [0.29, 0.717) is 12.1 Å². The molecule has 1 heterocycles. The van der Waals surface area contributed by atoms with E-state index in [2.05, 4.69) is 14.8 Å². The van der Waals surface area contributed by atoms with Gasteiger partial charge in [0, 0.05) is 12.4 Å². The van der Waals surface area contributed by atoms with Crippen molar-refractivity contribution < 1.29 is 36.6 Å². The number of alkyl halides is 3. The molecule has 2 rings (SSSR count). The van der Waals surface area contributed by atoms with Crippen LogP contribution in [0.2, 0.25) is 0 Å². The van der Waals surface area contributed by atoms with Gasteiger partial charge in [-0.05, 0) is 23.8 Å². The molecular formula is C16H13F4NO4. The van der Waals surface area contributed by atoms with E-state index in [1.165, 1.54) is 12.4 Å². The normalized spacial score (nSPS) is 15.0. The molecule has 0 saturated carbocycles. The van der Waals surface area contributed by atoms with Crippen LogP contribution in [0.3, 0.4) is 0 Å². The van der Waals surface area contributed by atoms with E-state index in [1.807, 2.05) is 0 Å². The summed E-state index contributed by atoms with van der Waals surface area (Å²) in [6.45, 7) is 0. The number of methoxy groups -OCH3 is 2. The quantitative estimate of drug-likeness (QED) is 0.664. The van der Waals surface area contributed by atoms with Gasteiger partial charge in [-0.25, -0.2) is 14.0 Å². The third-order valence-corrected chi connectivity index (χ3v) is 3.52. The molecule has 1 N–H and O–H groups in total. The maximum atomic E-state index is 13.7. The van der Waals surface area contributed by atoms with Crippen LogP contribution in [0.15, 0.2) is 41.7 Å². The summed E-state index contributed by atoms with van der Waals surface area (Å²) in [6, 6.07) is 1.82. The molecule has 0 aromatic heterocycles. The van der Waals surface area contributed by atoms with Gasteiger partial charge in [-0.3, -0.25) is 0 Å². The lowest BCUT2D eigenvalue weighted by Crippen LogP contribution is -2.26. The summed E-state index contributed by atoms with van der Waals surface area (Å²) in [6.07, 6.45) is -2.46. The Morgan fingerprint density at radius 2 is 1.52 bits per heavy atom. The molecule has 1 aromatic rings. The van der Waals surface area contributed by atoms with E-state index in [4.69, 9.17) is 0 Å². The molecule has 0 aliphatic carbocycles. The average Bonchev–Trinajstić information content (AvgIpc) is 2.58. The summed E-state index contributed by atoms with van der Waals surface area (Å²) in [7, 11) is 2.15. The van der Waals surface area contributed by atoms with Gasteiger partial charge in [0.25, 0.3) is 0 Å². The predicted octanol–water partition coefficient (Wildman–Crippen LogP) is 2.65. The zero-order chi connectivity index (χ0) is 18.8. The second-order valence-electron chi connectivity index (χ2n) is 5.05. The fourth-order valence-electron chi connectivity index (χ4n) is 2.45. The van der Waals surface area contributed by atoms with Crippen molar-refractivity contribution in [3.8, 4) is 0 Å². The van der Waals surface area contributed by atoms with Crippen molar-refractivity contribution in [1.29, 1.82) is 0 Å². The van der Waals surface area contributed by atoms with Crippen molar-refractivity contribution in [3.63, 3.8) is 0 Å². The third-order valence-electron chi connectivity index (χ3n) is 3.52. The van der Waals surface area contributed by atoms with E-state index in [0.717, 1.165) is 20.3 Å². The Hall–Kier alpha value is -2.84. The Bertz CT molecular complexity index is 736. The molecule has 0 spiro atoms. The number of halogens is 4. The highest BCUT2D eigenvalue weighted by Crippen LogP contribution is 2.38. The molecule has 1 aliphatic rings. The van der Waals surface area contributed by atoms with Crippen molar-refractivity contribution in [2.24, 2.45) is 0 Å². The minimum Gasteiger partial charge on any atom is -0.466 e. The fraction of sp³-hybridized carbons (Fsp3) is 0.250. The standard InChI is InChI=1S/C16H13F4NO4/c1-24-14(22)11-6-21-7-12(15(23)25-2)13(11)8-3-9(16(18,19)20)5-10(17)4-8/h3-7,13,21H,1-2H3. The average molecular weight is 359 g/mol. The van der Waals surface area contributed by atoms with Crippen LogP contribution < -0.4 is 5.32 Å². The van der Waals surface area contributed by atoms with Gasteiger partial charge in [-0.1, -0.05) is 0 Å². The van der Waals surface area contributed by atoms with Gasteiger partial charge < -0.3 is 14.8 Å². The molecule has 1 aliphatic heterocycles. The fourth-order valence-corrected chi connectivity index (χ4v) is 2.45. The Morgan fingerprint density at radius 3 is 1.96 bits per heavy atom. The SMILES string of the molecule is COC(=O)C1=CNC=C(C(=O)OC)C1c1cc(F)cc(C(F)(F)F)c1. The van der Waals surface area contributed by atoms with Crippen LogP contribution in [-0.2, 0) is 25.2 Å². The van der Waals surface area contributed by atoms with Crippen LogP contribution in [-0.4, -0.2) is 26.2 Å². The molecule has 5 nitrogen and oxygen atoms in total. The van der Waals surface area contributed by atoms with Crippen LogP contribution >= 0.6 is 0 Å². The van der Waals surface area contributed by atoms with Crippen LogP contribution in [0.5, 0.6) is 0 Å². The van der Waals surface area contributed by atoms with Gasteiger partial charge >= 0.3 is 18.1 Å².